The molecule has 4 heteroatoms. The number of aliphatic hydroxyl groups is 1. The van der Waals surface area contributed by atoms with Gasteiger partial charge in [-0.15, -0.1) is 0 Å². The smallest absolute Gasteiger partial charge is 0.234 e. The number of carbonyl (C=O) groups is 1. The van der Waals surface area contributed by atoms with Crippen molar-refractivity contribution >= 4 is 5.91 Å². The van der Waals surface area contributed by atoms with Crippen LogP contribution in [0.15, 0.2) is 0 Å². The molecule has 1 saturated heterocycles. The minimum atomic E-state index is -0.255. The Balaban J connectivity index is 2.22. The van der Waals surface area contributed by atoms with Gasteiger partial charge in [-0.1, -0.05) is 13.3 Å². The molecule has 94 valence electrons. The molecule has 16 heavy (non-hydrogen) atoms. The number of β-amino-alcohol motifs (C(OH)–C–C–N with tert-alkyl or cyclic N) is 1. The largest absolute Gasteiger partial charge is 0.392 e. The highest BCUT2D eigenvalue weighted by Gasteiger charge is 2.19. The number of amides is 1. The van der Waals surface area contributed by atoms with Crippen LogP contribution in [0.5, 0.6) is 0 Å². The quantitative estimate of drug-likeness (QED) is 0.730. The van der Waals surface area contributed by atoms with Crippen molar-refractivity contribution in [1.82, 2.24) is 10.2 Å². The van der Waals surface area contributed by atoms with Crippen LogP contribution in [0.4, 0.5) is 0 Å². The molecule has 0 spiro atoms. The molecule has 4 nitrogen and oxygen atoms in total. The fourth-order valence-corrected chi connectivity index (χ4v) is 2.20. The minimum absolute atomic E-state index is 0.0788. The third kappa shape index (κ3) is 4.94. The molecule has 1 amide bonds. The predicted molar refractivity (Wildman–Crippen MR) is 64.2 cm³/mol. The SMILES string of the molecule is CCCC(C)NC(=O)CN1CCC[C@H](O)C1. The number of carbonyl (C=O) groups excluding carboxylic acids is 1. The van der Waals surface area contributed by atoms with E-state index in [9.17, 15) is 9.90 Å². The van der Waals surface area contributed by atoms with Gasteiger partial charge in [-0.2, -0.15) is 0 Å². The summed E-state index contributed by atoms with van der Waals surface area (Å²) in [7, 11) is 0. The molecule has 1 aliphatic rings. The highest BCUT2D eigenvalue weighted by Crippen LogP contribution is 2.09. The number of aliphatic hydroxyl groups excluding tert-OH is 1. The maximum Gasteiger partial charge on any atom is 0.234 e. The van der Waals surface area contributed by atoms with Crippen molar-refractivity contribution in [3.63, 3.8) is 0 Å². The molecule has 0 saturated carbocycles. The van der Waals surface area contributed by atoms with Crippen LogP contribution >= 0.6 is 0 Å². The first kappa shape index (κ1) is 13.5. The number of piperidine rings is 1. The third-order valence-corrected chi connectivity index (χ3v) is 2.98. The van der Waals surface area contributed by atoms with E-state index in [2.05, 4.69) is 12.2 Å². The average Bonchev–Trinajstić information content (AvgIpc) is 2.17. The molecule has 1 rings (SSSR count). The number of nitrogens with one attached hydrogen (secondary N) is 1. The summed E-state index contributed by atoms with van der Waals surface area (Å²) in [4.78, 5) is 13.7. The first-order valence-corrected chi connectivity index (χ1v) is 6.31. The van der Waals surface area contributed by atoms with Crippen molar-refractivity contribution in [2.24, 2.45) is 0 Å². The van der Waals surface area contributed by atoms with Crippen molar-refractivity contribution in [1.29, 1.82) is 0 Å². The molecule has 0 aromatic heterocycles. The Kier molecular flexibility index (Phi) is 5.77. The lowest BCUT2D eigenvalue weighted by molar-refractivity contribution is -0.123. The predicted octanol–water partition coefficient (Wildman–Crippen LogP) is 0.748. The van der Waals surface area contributed by atoms with Crippen molar-refractivity contribution < 1.29 is 9.90 Å². The van der Waals surface area contributed by atoms with Gasteiger partial charge in [-0.05, 0) is 32.7 Å². The van der Waals surface area contributed by atoms with E-state index in [4.69, 9.17) is 0 Å². The van der Waals surface area contributed by atoms with Gasteiger partial charge >= 0.3 is 0 Å². The molecule has 0 bridgehead atoms. The average molecular weight is 228 g/mol. The van der Waals surface area contributed by atoms with Gasteiger partial charge in [-0.3, -0.25) is 9.69 Å². The molecule has 1 unspecified atom stereocenters. The number of hydrogen-bond donors (Lipinski definition) is 2. The van der Waals surface area contributed by atoms with Crippen LogP contribution in [0.1, 0.15) is 39.5 Å². The van der Waals surface area contributed by atoms with Gasteiger partial charge in [0.1, 0.15) is 0 Å². The summed E-state index contributed by atoms with van der Waals surface area (Å²) in [5.41, 5.74) is 0. The first-order valence-electron chi connectivity index (χ1n) is 6.31. The first-order chi connectivity index (χ1) is 7.61. The second-order valence-corrected chi connectivity index (χ2v) is 4.79. The van der Waals surface area contributed by atoms with Crippen molar-refractivity contribution in [2.45, 2.75) is 51.7 Å². The van der Waals surface area contributed by atoms with E-state index >= 15 is 0 Å². The molecule has 0 radical (unpaired) electrons. The maximum absolute atomic E-state index is 11.7. The van der Waals surface area contributed by atoms with Crippen LogP contribution in [0.25, 0.3) is 0 Å². The van der Waals surface area contributed by atoms with Gasteiger partial charge in [0.2, 0.25) is 5.91 Å². The molecular weight excluding hydrogens is 204 g/mol. The molecular formula is C12H24N2O2. The fourth-order valence-electron chi connectivity index (χ4n) is 2.20. The highest BCUT2D eigenvalue weighted by molar-refractivity contribution is 5.78. The Labute approximate surface area is 98.0 Å². The third-order valence-electron chi connectivity index (χ3n) is 2.98. The zero-order chi connectivity index (χ0) is 12.0. The molecule has 0 aromatic rings. The summed E-state index contributed by atoms with van der Waals surface area (Å²) in [6, 6.07) is 0.257. The van der Waals surface area contributed by atoms with E-state index in [1.165, 1.54) is 0 Å². The molecule has 2 atom stereocenters. The van der Waals surface area contributed by atoms with Crippen LogP contribution in [0.2, 0.25) is 0 Å². The van der Waals surface area contributed by atoms with E-state index in [0.717, 1.165) is 32.2 Å². The summed E-state index contributed by atoms with van der Waals surface area (Å²) in [6.07, 6.45) is 3.70. The lowest BCUT2D eigenvalue weighted by Gasteiger charge is -2.29. The van der Waals surface area contributed by atoms with E-state index in [1.807, 2.05) is 11.8 Å². The van der Waals surface area contributed by atoms with Crippen LogP contribution in [-0.4, -0.2) is 47.7 Å². The Bertz CT molecular complexity index is 221. The van der Waals surface area contributed by atoms with E-state index in [1.54, 1.807) is 0 Å². The van der Waals surface area contributed by atoms with Crippen LogP contribution in [-0.2, 0) is 4.79 Å². The van der Waals surface area contributed by atoms with E-state index < -0.39 is 0 Å². The zero-order valence-electron chi connectivity index (χ0n) is 10.4. The summed E-state index contributed by atoms with van der Waals surface area (Å²) in [5.74, 6) is 0.0788. The Morgan fingerprint density at radius 1 is 1.62 bits per heavy atom. The van der Waals surface area contributed by atoms with Crippen LogP contribution in [0.3, 0.4) is 0 Å². The van der Waals surface area contributed by atoms with Gasteiger partial charge in [0, 0.05) is 12.6 Å². The van der Waals surface area contributed by atoms with Gasteiger partial charge in [-0.25, -0.2) is 0 Å². The van der Waals surface area contributed by atoms with E-state index in [0.29, 0.717) is 13.1 Å². The Hall–Kier alpha value is -0.610. The monoisotopic (exact) mass is 228 g/mol. The molecule has 2 N–H and O–H groups in total. The van der Waals surface area contributed by atoms with Crippen molar-refractivity contribution in [3.8, 4) is 0 Å². The fraction of sp³-hybridized carbons (Fsp3) is 0.917. The van der Waals surface area contributed by atoms with Gasteiger partial charge in [0.05, 0.1) is 12.6 Å². The Morgan fingerprint density at radius 3 is 3.00 bits per heavy atom. The summed E-state index contributed by atoms with van der Waals surface area (Å²) in [6.45, 7) is 6.13. The second kappa shape index (κ2) is 6.86. The second-order valence-electron chi connectivity index (χ2n) is 4.79. The maximum atomic E-state index is 11.7. The molecule has 0 aromatic carbocycles. The topological polar surface area (TPSA) is 52.6 Å². The normalized spacial score (nSPS) is 24.1. The van der Waals surface area contributed by atoms with Gasteiger partial charge < -0.3 is 10.4 Å². The van der Waals surface area contributed by atoms with Crippen molar-refractivity contribution in [3.05, 3.63) is 0 Å². The molecule has 1 fully saturated rings. The Morgan fingerprint density at radius 2 is 2.38 bits per heavy atom. The van der Waals surface area contributed by atoms with E-state index in [-0.39, 0.29) is 18.1 Å². The lowest BCUT2D eigenvalue weighted by Crippen LogP contribution is -2.45. The number of hydrogen-bond acceptors (Lipinski definition) is 3. The zero-order valence-corrected chi connectivity index (χ0v) is 10.4. The van der Waals surface area contributed by atoms with Gasteiger partial charge in [0.25, 0.3) is 0 Å². The standard InChI is InChI=1S/C12H24N2O2/c1-3-5-10(2)13-12(16)9-14-7-4-6-11(15)8-14/h10-11,15H,3-9H2,1-2H3,(H,13,16)/t10?,11-/m0/s1. The number of rotatable bonds is 5. The summed E-state index contributed by atoms with van der Waals surface area (Å²) in [5, 5.41) is 12.5. The number of likely N-dealkylation sites (tertiary alicyclic amines) is 1. The van der Waals surface area contributed by atoms with Crippen molar-refractivity contribution in [2.75, 3.05) is 19.6 Å². The molecule has 0 aliphatic carbocycles. The summed E-state index contributed by atoms with van der Waals surface area (Å²) >= 11 is 0. The van der Waals surface area contributed by atoms with Crippen LogP contribution in [0, 0.1) is 0 Å². The molecule has 1 aliphatic heterocycles. The number of nitrogens with zero attached hydrogens (tertiary/aromatic N) is 1. The highest BCUT2D eigenvalue weighted by atomic mass is 16.3. The van der Waals surface area contributed by atoms with Gasteiger partial charge in [0.15, 0.2) is 0 Å². The lowest BCUT2D eigenvalue weighted by atomic mass is 10.1. The minimum Gasteiger partial charge on any atom is -0.392 e. The van der Waals surface area contributed by atoms with Crippen LogP contribution < -0.4 is 5.32 Å². The molecule has 1 heterocycles. The summed E-state index contributed by atoms with van der Waals surface area (Å²) < 4.78 is 0.